The van der Waals surface area contributed by atoms with Crippen LogP contribution in [0.4, 0.5) is 5.95 Å². The number of anilines is 1. The first-order chi connectivity index (χ1) is 6.29. The molecule has 0 bridgehead atoms. The van der Waals surface area contributed by atoms with Crippen molar-refractivity contribution in [1.29, 1.82) is 0 Å². The Labute approximate surface area is 75.8 Å². The highest BCUT2D eigenvalue weighted by atomic mass is 16.6. The molecule has 1 aromatic heterocycles. The molecule has 70 valence electrons. The maximum absolute atomic E-state index is 8.92. The van der Waals surface area contributed by atoms with Gasteiger partial charge in [-0.25, -0.2) is 9.97 Å². The summed E-state index contributed by atoms with van der Waals surface area (Å²) in [6.45, 7) is 2.06. The number of aromatic nitrogens is 2. The average molecular weight is 181 g/mol. The summed E-state index contributed by atoms with van der Waals surface area (Å²) in [5, 5.41) is 11.9. The molecular weight excluding hydrogens is 170 g/mol. The van der Waals surface area contributed by atoms with E-state index in [1.165, 1.54) is 12.4 Å². The monoisotopic (exact) mass is 181 g/mol. The number of aromatic hydroxyl groups is 1. The molecule has 13 heavy (non-hydrogen) atoms. The molecule has 1 aliphatic rings. The first-order valence-corrected chi connectivity index (χ1v) is 4.22. The van der Waals surface area contributed by atoms with Crippen LogP contribution in [-0.4, -0.2) is 27.4 Å². The van der Waals surface area contributed by atoms with Crippen LogP contribution in [0.5, 0.6) is 5.75 Å². The second-order valence-corrected chi connectivity index (χ2v) is 2.91. The molecule has 2 atom stereocenters. The van der Waals surface area contributed by atoms with Crippen LogP contribution >= 0.6 is 0 Å². The minimum absolute atomic E-state index is 0.0366. The van der Waals surface area contributed by atoms with Crippen molar-refractivity contribution in [2.24, 2.45) is 0 Å². The molecule has 1 aliphatic heterocycles. The van der Waals surface area contributed by atoms with Crippen molar-refractivity contribution in [3.8, 4) is 5.75 Å². The minimum Gasteiger partial charge on any atom is -0.505 e. The lowest BCUT2D eigenvalue weighted by molar-refractivity contribution is 0.377. The van der Waals surface area contributed by atoms with Crippen LogP contribution in [0.2, 0.25) is 0 Å². The van der Waals surface area contributed by atoms with Gasteiger partial charge >= 0.3 is 0 Å². The summed E-state index contributed by atoms with van der Waals surface area (Å²) in [6.07, 6.45) is 3.99. The van der Waals surface area contributed by atoms with Crippen LogP contribution in [0.25, 0.3) is 0 Å². The van der Waals surface area contributed by atoms with Crippen molar-refractivity contribution < 1.29 is 9.84 Å². The zero-order valence-corrected chi connectivity index (χ0v) is 7.27. The van der Waals surface area contributed by atoms with Gasteiger partial charge < -0.3 is 15.2 Å². The molecule has 2 heterocycles. The smallest absolute Gasteiger partial charge is 0.224 e. The van der Waals surface area contributed by atoms with Crippen molar-refractivity contribution in [2.45, 2.75) is 25.7 Å². The van der Waals surface area contributed by atoms with E-state index in [4.69, 9.17) is 9.84 Å². The standard InChI is InChI=1S/C8H11N3O2/c1-2-6-7(13-6)11-8-9-3-5(12)4-10-8/h3-4,6-7,12H,2H2,1H3,(H,9,10,11). The number of rotatable bonds is 3. The molecule has 0 amide bonds. The van der Waals surface area contributed by atoms with E-state index in [2.05, 4.69) is 22.2 Å². The highest BCUT2D eigenvalue weighted by Crippen LogP contribution is 2.25. The van der Waals surface area contributed by atoms with Gasteiger partial charge in [-0.2, -0.15) is 0 Å². The summed E-state index contributed by atoms with van der Waals surface area (Å²) in [6, 6.07) is 0. The van der Waals surface area contributed by atoms with Crippen LogP contribution in [0, 0.1) is 0 Å². The molecule has 0 aliphatic carbocycles. The molecule has 0 aromatic carbocycles. The van der Waals surface area contributed by atoms with Crippen molar-refractivity contribution in [3.05, 3.63) is 12.4 Å². The number of hydrogen-bond donors (Lipinski definition) is 2. The second-order valence-electron chi connectivity index (χ2n) is 2.91. The Morgan fingerprint density at radius 2 is 2.23 bits per heavy atom. The predicted molar refractivity (Wildman–Crippen MR) is 46.3 cm³/mol. The lowest BCUT2D eigenvalue weighted by atomic mass is 10.3. The summed E-state index contributed by atoms with van der Waals surface area (Å²) >= 11 is 0. The fourth-order valence-electron chi connectivity index (χ4n) is 1.10. The maximum Gasteiger partial charge on any atom is 0.224 e. The SMILES string of the molecule is CCC1OC1Nc1ncc(O)cn1. The average Bonchev–Trinajstić information content (AvgIpc) is 2.88. The van der Waals surface area contributed by atoms with Crippen molar-refractivity contribution in [3.63, 3.8) is 0 Å². The molecule has 1 saturated heterocycles. The highest BCUT2D eigenvalue weighted by molar-refractivity contribution is 5.28. The van der Waals surface area contributed by atoms with E-state index in [1.807, 2.05) is 0 Å². The van der Waals surface area contributed by atoms with Gasteiger partial charge in [-0.15, -0.1) is 0 Å². The van der Waals surface area contributed by atoms with E-state index < -0.39 is 0 Å². The third-order valence-electron chi connectivity index (χ3n) is 1.89. The Kier molecular flexibility index (Phi) is 2.02. The van der Waals surface area contributed by atoms with E-state index in [1.54, 1.807) is 0 Å². The normalized spacial score (nSPS) is 25.6. The molecule has 2 rings (SSSR count). The molecule has 2 unspecified atom stereocenters. The van der Waals surface area contributed by atoms with Gasteiger partial charge in [0.05, 0.1) is 12.4 Å². The van der Waals surface area contributed by atoms with Gasteiger partial charge in [0.15, 0.2) is 12.0 Å². The summed E-state index contributed by atoms with van der Waals surface area (Å²) in [7, 11) is 0. The Hall–Kier alpha value is -1.36. The molecule has 5 nitrogen and oxygen atoms in total. The number of nitrogens with one attached hydrogen (secondary N) is 1. The predicted octanol–water partition coefficient (Wildman–Crippen LogP) is 0.729. The number of epoxide rings is 1. The molecule has 2 N–H and O–H groups in total. The summed E-state index contributed by atoms with van der Waals surface area (Å²) < 4.78 is 5.25. The Morgan fingerprint density at radius 3 is 2.77 bits per heavy atom. The van der Waals surface area contributed by atoms with Crippen LogP contribution in [0.1, 0.15) is 13.3 Å². The Morgan fingerprint density at radius 1 is 1.54 bits per heavy atom. The largest absolute Gasteiger partial charge is 0.505 e. The Balaban J connectivity index is 1.92. The summed E-state index contributed by atoms with van der Waals surface area (Å²) in [4.78, 5) is 7.75. The molecule has 0 radical (unpaired) electrons. The van der Waals surface area contributed by atoms with Crippen molar-refractivity contribution in [1.82, 2.24) is 9.97 Å². The van der Waals surface area contributed by atoms with Crippen LogP contribution < -0.4 is 5.32 Å². The zero-order valence-electron chi connectivity index (χ0n) is 7.27. The van der Waals surface area contributed by atoms with Crippen LogP contribution in [0.15, 0.2) is 12.4 Å². The van der Waals surface area contributed by atoms with E-state index >= 15 is 0 Å². The van der Waals surface area contributed by atoms with Gasteiger partial charge in [-0.05, 0) is 6.42 Å². The summed E-state index contributed by atoms with van der Waals surface area (Å²) in [5.41, 5.74) is 0. The topological polar surface area (TPSA) is 70.6 Å². The molecule has 1 aromatic rings. The van der Waals surface area contributed by atoms with E-state index in [0.717, 1.165) is 6.42 Å². The molecule has 0 spiro atoms. The van der Waals surface area contributed by atoms with Gasteiger partial charge in [0.25, 0.3) is 0 Å². The fraction of sp³-hybridized carbons (Fsp3) is 0.500. The van der Waals surface area contributed by atoms with Gasteiger partial charge in [-0.1, -0.05) is 6.92 Å². The van der Waals surface area contributed by atoms with E-state index in [0.29, 0.717) is 5.95 Å². The van der Waals surface area contributed by atoms with Crippen molar-refractivity contribution in [2.75, 3.05) is 5.32 Å². The van der Waals surface area contributed by atoms with E-state index in [9.17, 15) is 0 Å². The lowest BCUT2D eigenvalue weighted by Crippen LogP contribution is -2.09. The fourth-order valence-corrected chi connectivity index (χ4v) is 1.10. The molecule has 0 saturated carbocycles. The zero-order chi connectivity index (χ0) is 9.26. The van der Waals surface area contributed by atoms with Crippen molar-refractivity contribution >= 4 is 5.95 Å². The lowest BCUT2D eigenvalue weighted by Gasteiger charge is -1.99. The first kappa shape index (κ1) is 8.25. The molecular formula is C8H11N3O2. The highest BCUT2D eigenvalue weighted by Gasteiger charge is 2.37. The maximum atomic E-state index is 8.92. The molecule has 1 fully saturated rings. The number of nitrogens with zero attached hydrogens (tertiary/aromatic N) is 2. The molecule has 5 heteroatoms. The third kappa shape index (κ3) is 1.86. The number of ether oxygens (including phenoxy) is 1. The quantitative estimate of drug-likeness (QED) is 0.672. The first-order valence-electron chi connectivity index (χ1n) is 4.22. The van der Waals surface area contributed by atoms with Gasteiger partial charge in [0, 0.05) is 0 Å². The third-order valence-corrected chi connectivity index (χ3v) is 1.89. The second kappa shape index (κ2) is 3.18. The van der Waals surface area contributed by atoms with Gasteiger partial charge in [0.2, 0.25) is 5.95 Å². The van der Waals surface area contributed by atoms with Gasteiger partial charge in [-0.3, -0.25) is 0 Å². The van der Waals surface area contributed by atoms with Crippen LogP contribution in [0.3, 0.4) is 0 Å². The van der Waals surface area contributed by atoms with E-state index in [-0.39, 0.29) is 18.1 Å². The van der Waals surface area contributed by atoms with Crippen LogP contribution in [-0.2, 0) is 4.74 Å². The summed E-state index contributed by atoms with van der Waals surface area (Å²) in [5.74, 6) is 0.549. The Bertz CT molecular complexity index is 288. The number of hydrogen-bond acceptors (Lipinski definition) is 5. The minimum atomic E-state index is 0.0366. The van der Waals surface area contributed by atoms with Gasteiger partial charge in [0.1, 0.15) is 6.10 Å².